The molecule has 0 saturated heterocycles. The largest absolute Gasteiger partial charge is 0.480 e. The average molecular weight is 433 g/mol. The van der Waals surface area contributed by atoms with E-state index in [4.69, 9.17) is 13.9 Å². The maximum Gasteiger partial charge on any atom is 0.340 e. The molecule has 0 spiro atoms. The molecule has 4 rings (SSSR count). The van der Waals surface area contributed by atoms with E-state index in [2.05, 4.69) is 5.32 Å². The quantitative estimate of drug-likeness (QED) is 0.438. The van der Waals surface area contributed by atoms with Crippen LogP contribution in [-0.4, -0.2) is 23.0 Å². The summed E-state index contributed by atoms with van der Waals surface area (Å²) in [6.45, 7) is 5.44. The molecule has 0 saturated carbocycles. The lowest BCUT2D eigenvalue weighted by Crippen LogP contribution is -2.41. The number of amides is 1. The fourth-order valence-electron chi connectivity index (χ4n) is 3.82. The van der Waals surface area contributed by atoms with E-state index in [0.29, 0.717) is 22.1 Å². The molecule has 1 atom stereocenters. The third-order valence-corrected chi connectivity index (χ3v) is 5.72. The zero-order chi connectivity index (χ0) is 23.0. The molecule has 0 aliphatic carbocycles. The number of fused-ring (bicyclic) bond motifs is 2. The monoisotopic (exact) mass is 433 g/mol. The van der Waals surface area contributed by atoms with Crippen LogP contribution in [-0.2, 0) is 16.0 Å². The number of hydrogen-bond acceptors (Lipinski definition) is 5. The number of benzene rings is 2. The number of carboxylic acid groups (broad SMARTS) is 1. The minimum Gasteiger partial charge on any atom is -0.480 e. The standard InChI is InChI=1S/C25H23NO6/c1-4-20(24(28)29)26-23(27)10-17-14(3)16-9-18-19(15-7-5-13(2)6-8-15)12-31-21(18)11-22(16)32-25(17)30/h5-9,11-12,20H,4,10H2,1-3H3,(H,26,27)(H,28,29). The van der Waals surface area contributed by atoms with Crippen LogP contribution in [0, 0.1) is 13.8 Å². The van der Waals surface area contributed by atoms with Crippen LogP contribution in [0.4, 0.5) is 0 Å². The summed E-state index contributed by atoms with van der Waals surface area (Å²) in [6.07, 6.45) is 1.65. The number of carbonyl (C=O) groups excluding carboxylic acids is 1. The summed E-state index contributed by atoms with van der Waals surface area (Å²) in [7, 11) is 0. The number of carboxylic acids is 1. The molecule has 0 radical (unpaired) electrons. The first-order chi connectivity index (χ1) is 15.3. The van der Waals surface area contributed by atoms with E-state index in [1.807, 2.05) is 37.3 Å². The highest BCUT2D eigenvalue weighted by Crippen LogP contribution is 2.34. The number of hydrogen-bond donors (Lipinski definition) is 2. The Labute approximate surface area is 183 Å². The lowest BCUT2D eigenvalue weighted by Gasteiger charge is -2.13. The number of aryl methyl sites for hydroxylation is 2. The topological polar surface area (TPSA) is 110 Å². The Bertz CT molecular complexity index is 1390. The van der Waals surface area contributed by atoms with Crippen molar-refractivity contribution in [3.8, 4) is 11.1 Å². The highest BCUT2D eigenvalue weighted by Gasteiger charge is 2.21. The molecule has 7 heteroatoms. The van der Waals surface area contributed by atoms with Crippen LogP contribution in [0.25, 0.3) is 33.1 Å². The summed E-state index contributed by atoms with van der Waals surface area (Å²) in [5.41, 5.74) is 4.22. The van der Waals surface area contributed by atoms with E-state index in [0.717, 1.165) is 22.1 Å². The number of nitrogens with one attached hydrogen (secondary N) is 1. The lowest BCUT2D eigenvalue weighted by atomic mass is 9.99. The summed E-state index contributed by atoms with van der Waals surface area (Å²) in [6, 6.07) is 10.7. The van der Waals surface area contributed by atoms with E-state index >= 15 is 0 Å². The number of furan rings is 1. The summed E-state index contributed by atoms with van der Waals surface area (Å²) in [5, 5.41) is 13.2. The van der Waals surface area contributed by atoms with Gasteiger partial charge in [0.15, 0.2) is 0 Å². The van der Waals surface area contributed by atoms with E-state index in [9.17, 15) is 14.4 Å². The van der Waals surface area contributed by atoms with Gasteiger partial charge in [-0.15, -0.1) is 0 Å². The smallest absolute Gasteiger partial charge is 0.340 e. The van der Waals surface area contributed by atoms with Crippen LogP contribution in [0.15, 0.2) is 56.3 Å². The van der Waals surface area contributed by atoms with Gasteiger partial charge < -0.3 is 19.3 Å². The van der Waals surface area contributed by atoms with Crippen molar-refractivity contribution < 1.29 is 23.5 Å². The van der Waals surface area contributed by atoms with Gasteiger partial charge in [-0.05, 0) is 37.5 Å². The van der Waals surface area contributed by atoms with Gasteiger partial charge in [0.25, 0.3) is 0 Å². The highest BCUT2D eigenvalue weighted by molar-refractivity contribution is 6.02. The van der Waals surface area contributed by atoms with Crippen LogP contribution >= 0.6 is 0 Å². The Kier molecular flexibility index (Phi) is 5.57. The molecule has 2 aromatic carbocycles. The van der Waals surface area contributed by atoms with E-state index in [1.165, 1.54) is 0 Å². The van der Waals surface area contributed by atoms with Crippen molar-refractivity contribution in [2.24, 2.45) is 0 Å². The highest BCUT2D eigenvalue weighted by atomic mass is 16.4. The number of rotatable bonds is 6. The minimum absolute atomic E-state index is 0.204. The normalized spacial score (nSPS) is 12.2. The predicted octanol–water partition coefficient (Wildman–Crippen LogP) is 4.34. The van der Waals surface area contributed by atoms with Crippen molar-refractivity contribution in [3.05, 3.63) is 69.8 Å². The van der Waals surface area contributed by atoms with E-state index < -0.39 is 23.5 Å². The zero-order valence-electron chi connectivity index (χ0n) is 18.0. The van der Waals surface area contributed by atoms with Gasteiger partial charge in [-0.1, -0.05) is 36.8 Å². The van der Waals surface area contributed by atoms with Crippen molar-refractivity contribution >= 4 is 33.8 Å². The van der Waals surface area contributed by atoms with Crippen LogP contribution in [0.1, 0.15) is 30.0 Å². The SMILES string of the molecule is CCC(NC(=O)Cc1c(C)c2cc3c(-c4ccc(C)cc4)coc3cc2oc1=O)C(=O)O. The Hall–Kier alpha value is -3.87. The summed E-state index contributed by atoms with van der Waals surface area (Å²) < 4.78 is 11.2. The van der Waals surface area contributed by atoms with Gasteiger partial charge in [0, 0.05) is 22.4 Å². The van der Waals surface area contributed by atoms with Gasteiger partial charge in [-0.2, -0.15) is 0 Å². The maximum absolute atomic E-state index is 12.6. The van der Waals surface area contributed by atoms with Crippen molar-refractivity contribution in [2.75, 3.05) is 0 Å². The maximum atomic E-state index is 12.6. The van der Waals surface area contributed by atoms with Crippen LogP contribution in [0.3, 0.4) is 0 Å². The third kappa shape index (κ3) is 3.89. The molecule has 1 unspecified atom stereocenters. The molecule has 0 aliphatic rings. The Morgan fingerprint density at radius 1 is 1.06 bits per heavy atom. The minimum atomic E-state index is -1.12. The second-order valence-corrected chi connectivity index (χ2v) is 7.90. The molecule has 0 bridgehead atoms. The predicted molar refractivity (Wildman–Crippen MR) is 121 cm³/mol. The molecule has 0 fully saturated rings. The summed E-state index contributed by atoms with van der Waals surface area (Å²) in [4.78, 5) is 36.2. The molecule has 164 valence electrons. The van der Waals surface area contributed by atoms with Gasteiger partial charge in [0.2, 0.25) is 5.91 Å². The van der Waals surface area contributed by atoms with Crippen molar-refractivity contribution in [1.82, 2.24) is 5.32 Å². The molecular formula is C25H23NO6. The van der Waals surface area contributed by atoms with Crippen molar-refractivity contribution in [1.29, 1.82) is 0 Å². The zero-order valence-corrected chi connectivity index (χ0v) is 18.0. The first kappa shape index (κ1) is 21.4. The number of aliphatic carboxylic acids is 1. The third-order valence-electron chi connectivity index (χ3n) is 5.72. The van der Waals surface area contributed by atoms with Gasteiger partial charge in [-0.3, -0.25) is 4.79 Å². The second-order valence-electron chi connectivity index (χ2n) is 7.90. The van der Waals surface area contributed by atoms with Crippen molar-refractivity contribution in [2.45, 2.75) is 39.7 Å². The molecule has 4 aromatic rings. The van der Waals surface area contributed by atoms with Crippen LogP contribution in [0.5, 0.6) is 0 Å². The molecule has 0 aliphatic heterocycles. The van der Waals surface area contributed by atoms with Crippen molar-refractivity contribution in [3.63, 3.8) is 0 Å². The van der Waals surface area contributed by atoms with Crippen LogP contribution < -0.4 is 10.9 Å². The van der Waals surface area contributed by atoms with Gasteiger partial charge in [0.05, 0.1) is 18.2 Å². The molecule has 1 amide bonds. The van der Waals surface area contributed by atoms with Gasteiger partial charge in [0.1, 0.15) is 17.2 Å². The molecule has 7 nitrogen and oxygen atoms in total. The molecule has 2 heterocycles. The first-order valence-electron chi connectivity index (χ1n) is 10.3. The molecule has 2 aromatic heterocycles. The van der Waals surface area contributed by atoms with E-state index in [1.54, 1.807) is 26.2 Å². The fourth-order valence-corrected chi connectivity index (χ4v) is 3.82. The second kappa shape index (κ2) is 8.34. The van der Waals surface area contributed by atoms with E-state index in [-0.39, 0.29) is 18.4 Å². The Morgan fingerprint density at radius 2 is 1.78 bits per heavy atom. The van der Waals surface area contributed by atoms with Crippen LogP contribution in [0.2, 0.25) is 0 Å². The van der Waals surface area contributed by atoms with Gasteiger partial charge in [-0.25, -0.2) is 9.59 Å². The Morgan fingerprint density at radius 3 is 2.44 bits per heavy atom. The summed E-state index contributed by atoms with van der Waals surface area (Å²) >= 11 is 0. The average Bonchev–Trinajstić information content (AvgIpc) is 3.17. The molecule has 2 N–H and O–H groups in total. The Balaban J connectivity index is 1.77. The first-order valence-corrected chi connectivity index (χ1v) is 10.3. The lowest BCUT2D eigenvalue weighted by molar-refractivity contribution is -0.141. The number of carbonyl (C=O) groups is 2. The molecular weight excluding hydrogens is 410 g/mol. The fraction of sp³-hybridized carbons (Fsp3) is 0.240. The van der Waals surface area contributed by atoms with Gasteiger partial charge >= 0.3 is 11.6 Å². The summed E-state index contributed by atoms with van der Waals surface area (Å²) in [5.74, 6) is -1.66. The molecule has 32 heavy (non-hydrogen) atoms.